The molecule has 0 saturated carbocycles. The van der Waals surface area contributed by atoms with Gasteiger partial charge in [0.2, 0.25) is 0 Å². The van der Waals surface area contributed by atoms with Gasteiger partial charge < -0.3 is 20.5 Å². The zero-order chi connectivity index (χ0) is 17.5. The molecule has 5 heteroatoms. The number of piperidine rings is 1. The maximum Gasteiger partial charge on any atom is 0.251 e. The summed E-state index contributed by atoms with van der Waals surface area (Å²) < 4.78 is 5.73. The molecule has 1 aliphatic heterocycles. The van der Waals surface area contributed by atoms with Crippen LogP contribution in [0.2, 0.25) is 0 Å². The van der Waals surface area contributed by atoms with Crippen LogP contribution in [0.3, 0.4) is 0 Å². The van der Waals surface area contributed by atoms with Crippen LogP contribution in [0.5, 0.6) is 5.75 Å². The van der Waals surface area contributed by atoms with Crippen molar-refractivity contribution >= 4 is 5.91 Å². The number of amides is 1. The van der Waals surface area contributed by atoms with Gasteiger partial charge in [0.15, 0.2) is 0 Å². The van der Waals surface area contributed by atoms with Crippen LogP contribution < -0.4 is 15.4 Å². The molecule has 1 heterocycles. The molecule has 1 fully saturated rings. The van der Waals surface area contributed by atoms with Crippen LogP contribution in [0.1, 0.15) is 22.3 Å². The molecule has 2 aromatic rings. The Labute approximate surface area is 148 Å². The highest BCUT2D eigenvalue weighted by Crippen LogP contribution is 2.14. The maximum absolute atomic E-state index is 12.3. The molecule has 2 atom stereocenters. The van der Waals surface area contributed by atoms with Crippen molar-refractivity contribution < 1.29 is 14.6 Å². The number of benzene rings is 2. The summed E-state index contributed by atoms with van der Waals surface area (Å²) in [5.74, 6) is 0.580. The summed E-state index contributed by atoms with van der Waals surface area (Å²) >= 11 is 0. The summed E-state index contributed by atoms with van der Waals surface area (Å²) in [6.45, 7) is 1.91. The highest BCUT2D eigenvalue weighted by atomic mass is 16.5. The Hall–Kier alpha value is -2.37. The van der Waals surface area contributed by atoms with E-state index in [9.17, 15) is 9.90 Å². The van der Waals surface area contributed by atoms with Gasteiger partial charge in [0.25, 0.3) is 5.91 Å². The first-order chi connectivity index (χ1) is 12.2. The van der Waals surface area contributed by atoms with Gasteiger partial charge in [-0.1, -0.05) is 30.3 Å². The van der Waals surface area contributed by atoms with E-state index in [1.54, 1.807) is 24.3 Å². The number of aliphatic hydroxyl groups is 1. The van der Waals surface area contributed by atoms with E-state index >= 15 is 0 Å². The molecule has 5 nitrogen and oxygen atoms in total. The normalized spacial score (nSPS) is 20.0. The first-order valence-corrected chi connectivity index (χ1v) is 8.69. The second-order valence-electron chi connectivity index (χ2n) is 6.25. The number of hydrogen-bond acceptors (Lipinski definition) is 4. The molecule has 0 spiro atoms. The van der Waals surface area contributed by atoms with Gasteiger partial charge in [-0.05, 0) is 42.8 Å². The Balaban J connectivity index is 1.48. The van der Waals surface area contributed by atoms with E-state index in [0.29, 0.717) is 18.7 Å². The van der Waals surface area contributed by atoms with Crippen molar-refractivity contribution in [2.24, 2.45) is 0 Å². The minimum absolute atomic E-state index is 0.165. The average Bonchev–Trinajstić information content (AvgIpc) is 2.65. The molecule has 2 aromatic carbocycles. The van der Waals surface area contributed by atoms with E-state index in [1.807, 2.05) is 18.2 Å². The largest absolute Gasteiger partial charge is 0.493 e. The van der Waals surface area contributed by atoms with E-state index < -0.39 is 6.10 Å². The Morgan fingerprint density at radius 1 is 1.16 bits per heavy atom. The van der Waals surface area contributed by atoms with Gasteiger partial charge in [0.1, 0.15) is 5.75 Å². The zero-order valence-corrected chi connectivity index (χ0v) is 14.2. The summed E-state index contributed by atoms with van der Waals surface area (Å²) in [4.78, 5) is 12.3. The Morgan fingerprint density at radius 2 is 1.92 bits per heavy atom. The number of aliphatic hydroxyl groups excluding tert-OH is 1. The van der Waals surface area contributed by atoms with Crippen LogP contribution >= 0.6 is 0 Å². The summed E-state index contributed by atoms with van der Waals surface area (Å²) in [5, 5.41) is 15.9. The SMILES string of the molecule is O=C(N[C@@H]1CCNC[C@H]1O)c1ccc(OCCc2ccccc2)cc1. The van der Waals surface area contributed by atoms with Gasteiger partial charge in [0.05, 0.1) is 18.8 Å². The minimum atomic E-state index is -0.543. The second-order valence-corrected chi connectivity index (χ2v) is 6.25. The van der Waals surface area contributed by atoms with E-state index in [-0.39, 0.29) is 11.9 Å². The predicted molar refractivity (Wildman–Crippen MR) is 96.8 cm³/mol. The number of hydrogen-bond donors (Lipinski definition) is 3. The molecule has 0 radical (unpaired) electrons. The number of β-amino-alcohol motifs (C(OH)–C–C–N with tert-alkyl or cyclic N) is 1. The quantitative estimate of drug-likeness (QED) is 0.749. The molecule has 0 aliphatic carbocycles. The van der Waals surface area contributed by atoms with Crippen LogP contribution in [-0.4, -0.2) is 42.9 Å². The lowest BCUT2D eigenvalue weighted by Crippen LogP contribution is -2.52. The summed E-state index contributed by atoms with van der Waals surface area (Å²) in [6.07, 6.45) is 1.03. The molecule has 1 amide bonds. The van der Waals surface area contributed by atoms with Crippen LogP contribution in [0.25, 0.3) is 0 Å². The number of carbonyl (C=O) groups is 1. The molecule has 3 rings (SSSR count). The van der Waals surface area contributed by atoms with Gasteiger partial charge in [-0.15, -0.1) is 0 Å². The third-order valence-electron chi connectivity index (χ3n) is 4.39. The fraction of sp³-hybridized carbons (Fsp3) is 0.350. The summed E-state index contributed by atoms with van der Waals surface area (Å²) in [6, 6.07) is 17.1. The van der Waals surface area contributed by atoms with Crippen LogP contribution in [0.15, 0.2) is 54.6 Å². The van der Waals surface area contributed by atoms with E-state index in [0.717, 1.165) is 25.1 Å². The standard InChI is InChI=1S/C20H24N2O3/c23-19-14-21-12-10-18(19)22-20(24)16-6-8-17(9-7-16)25-13-11-15-4-2-1-3-5-15/h1-9,18-19,21,23H,10-14H2,(H,22,24)/t18-,19-/m1/s1. The lowest BCUT2D eigenvalue weighted by molar-refractivity contribution is 0.0765. The Bertz CT molecular complexity index is 673. The first kappa shape index (κ1) is 17.5. The Kier molecular flexibility index (Phi) is 6.04. The topological polar surface area (TPSA) is 70.6 Å². The van der Waals surface area contributed by atoms with Gasteiger partial charge in [-0.25, -0.2) is 0 Å². The van der Waals surface area contributed by atoms with Crippen molar-refractivity contribution in [1.29, 1.82) is 0 Å². The third kappa shape index (κ3) is 5.05. The van der Waals surface area contributed by atoms with Crippen molar-refractivity contribution in [3.8, 4) is 5.75 Å². The van der Waals surface area contributed by atoms with E-state index in [1.165, 1.54) is 5.56 Å². The number of rotatable bonds is 6. The Morgan fingerprint density at radius 3 is 2.64 bits per heavy atom. The fourth-order valence-corrected chi connectivity index (χ4v) is 2.90. The predicted octanol–water partition coefficient (Wildman–Crippen LogP) is 1.76. The average molecular weight is 340 g/mol. The molecule has 0 unspecified atom stereocenters. The number of ether oxygens (including phenoxy) is 1. The lowest BCUT2D eigenvalue weighted by atomic mass is 10.0. The molecule has 1 aliphatic rings. The van der Waals surface area contributed by atoms with Crippen LogP contribution in [0, 0.1) is 0 Å². The molecule has 25 heavy (non-hydrogen) atoms. The maximum atomic E-state index is 12.3. The van der Waals surface area contributed by atoms with Crippen LogP contribution in [0.4, 0.5) is 0 Å². The fourth-order valence-electron chi connectivity index (χ4n) is 2.90. The van der Waals surface area contributed by atoms with Gasteiger partial charge in [-0.2, -0.15) is 0 Å². The summed E-state index contributed by atoms with van der Waals surface area (Å²) in [5.41, 5.74) is 1.81. The number of nitrogens with one attached hydrogen (secondary N) is 2. The second kappa shape index (κ2) is 8.65. The molecule has 3 N–H and O–H groups in total. The van der Waals surface area contributed by atoms with Crippen molar-refractivity contribution in [3.05, 3.63) is 65.7 Å². The molecule has 132 valence electrons. The highest BCUT2D eigenvalue weighted by molar-refractivity contribution is 5.94. The molecular formula is C20H24N2O3. The number of carbonyl (C=O) groups excluding carboxylic acids is 1. The van der Waals surface area contributed by atoms with Crippen molar-refractivity contribution in [2.75, 3.05) is 19.7 Å². The van der Waals surface area contributed by atoms with Crippen molar-refractivity contribution in [1.82, 2.24) is 10.6 Å². The smallest absolute Gasteiger partial charge is 0.251 e. The molecular weight excluding hydrogens is 316 g/mol. The van der Waals surface area contributed by atoms with Gasteiger partial charge in [0, 0.05) is 18.5 Å². The molecule has 0 bridgehead atoms. The monoisotopic (exact) mass is 340 g/mol. The first-order valence-electron chi connectivity index (χ1n) is 8.69. The van der Waals surface area contributed by atoms with Crippen LogP contribution in [-0.2, 0) is 6.42 Å². The minimum Gasteiger partial charge on any atom is -0.493 e. The molecule has 1 saturated heterocycles. The van der Waals surface area contributed by atoms with E-state index in [4.69, 9.17) is 4.74 Å². The zero-order valence-electron chi connectivity index (χ0n) is 14.2. The van der Waals surface area contributed by atoms with Crippen molar-refractivity contribution in [2.45, 2.75) is 25.0 Å². The lowest BCUT2D eigenvalue weighted by Gasteiger charge is -2.29. The van der Waals surface area contributed by atoms with Crippen molar-refractivity contribution in [3.63, 3.8) is 0 Å². The van der Waals surface area contributed by atoms with E-state index in [2.05, 4.69) is 22.8 Å². The summed E-state index contributed by atoms with van der Waals surface area (Å²) in [7, 11) is 0. The molecule has 0 aromatic heterocycles. The third-order valence-corrected chi connectivity index (χ3v) is 4.39. The highest BCUT2D eigenvalue weighted by Gasteiger charge is 2.24. The van der Waals surface area contributed by atoms with Gasteiger partial charge in [-0.3, -0.25) is 4.79 Å². The van der Waals surface area contributed by atoms with Gasteiger partial charge >= 0.3 is 0 Å².